The Bertz CT molecular complexity index is 917. The summed E-state index contributed by atoms with van der Waals surface area (Å²) in [6.45, 7) is 0. The van der Waals surface area contributed by atoms with Crippen LogP contribution < -0.4 is 11.5 Å². The van der Waals surface area contributed by atoms with Crippen LogP contribution in [0.4, 0.5) is 5.82 Å². The van der Waals surface area contributed by atoms with E-state index in [0.717, 1.165) is 0 Å². The molecule has 2 aromatic heterocycles. The number of carboxylic acid groups (broad SMARTS) is 1. The Morgan fingerprint density at radius 1 is 1.39 bits per heavy atom. The molecule has 0 bridgehead atoms. The van der Waals surface area contributed by atoms with Gasteiger partial charge in [-0.25, -0.2) is 19.7 Å². The number of carbonyl (C=O) groups is 1. The summed E-state index contributed by atoms with van der Waals surface area (Å²) < 4.78 is 7.28. The first kappa shape index (κ1) is 20.3. The molecule has 0 spiro atoms. The first-order valence-electron chi connectivity index (χ1n) is 8.31. The second kappa shape index (κ2) is 7.90. The number of nitrogen functional groups attached to an aromatic ring is 1. The minimum Gasteiger partial charge on any atom is -0.479 e. The van der Waals surface area contributed by atoms with Gasteiger partial charge in [-0.3, -0.25) is 4.57 Å². The van der Waals surface area contributed by atoms with E-state index in [1.165, 1.54) is 29.0 Å². The summed E-state index contributed by atoms with van der Waals surface area (Å²) in [5.41, 5.74) is 10.4. The fourth-order valence-electron chi connectivity index (χ4n) is 2.83. The Morgan fingerprint density at radius 2 is 2.14 bits per heavy atom. The number of aliphatic hydroxyl groups is 2. The van der Waals surface area contributed by atoms with Crippen LogP contribution in [0, 0.1) is 12.3 Å². The monoisotopic (exact) mass is 408 g/mol. The SMILES string of the molecule is C#CC(N)(CCSC[C@H]1O[C@@H](n2cnc3c(N)ncnc32)[C@H](O)[C@@H]1O)C(=O)O. The summed E-state index contributed by atoms with van der Waals surface area (Å²) in [7, 11) is 0. The number of rotatable bonds is 7. The molecule has 0 radical (unpaired) electrons. The van der Waals surface area contributed by atoms with Crippen LogP contribution >= 0.6 is 11.8 Å². The molecule has 1 unspecified atom stereocenters. The third-order valence-corrected chi connectivity index (χ3v) is 5.62. The maximum Gasteiger partial charge on any atom is 0.336 e. The molecule has 1 fully saturated rings. The molecule has 5 atom stereocenters. The molecular formula is C16H20N6O5S. The molecule has 2 aromatic rings. The molecule has 28 heavy (non-hydrogen) atoms. The van der Waals surface area contributed by atoms with Crippen molar-refractivity contribution < 1.29 is 24.9 Å². The normalized spacial score (nSPS) is 26.8. The van der Waals surface area contributed by atoms with Crippen LogP contribution in [0.25, 0.3) is 11.2 Å². The number of ether oxygens (including phenoxy) is 1. The van der Waals surface area contributed by atoms with E-state index in [-0.39, 0.29) is 12.2 Å². The number of aromatic nitrogens is 4. The zero-order chi connectivity index (χ0) is 20.5. The quantitative estimate of drug-likeness (QED) is 0.267. The van der Waals surface area contributed by atoms with Crippen molar-refractivity contribution in [2.75, 3.05) is 17.2 Å². The highest BCUT2D eigenvalue weighted by atomic mass is 32.2. The van der Waals surface area contributed by atoms with E-state index in [9.17, 15) is 15.0 Å². The second-order valence-corrected chi connectivity index (χ2v) is 7.52. The number of carboxylic acids is 1. The van der Waals surface area contributed by atoms with Crippen LogP contribution in [-0.2, 0) is 9.53 Å². The van der Waals surface area contributed by atoms with Gasteiger partial charge in [0.25, 0.3) is 0 Å². The average Bonchev–Trinajstić information content (AvgIpc) is 3.22. The maximum absolute atomic E-state index is 11.1. The van der Waals surface area contributed by atoms with E-state index in [1.807, 2.05) is 0 Å². The molecule has 0 saturated carbocycles. The number of thioether (sulfide) groups is 1. The lowest BCUT2D eigenvalue weighted by molar-refractivity contribution is -0.141. The number of nitrogens with two attached hydrogens (primary N) is 2. The molecule has 1 aliphatic heterocycles. The Labute approximate surface area is 164 Å². The highest BCUT2D eigenvalue weighted by Crippen LogP contribution is 2.33. The summed E-state index contributed by atoms with van der Waals surface area (Å²) in [6, 6.07) is 0. The maximum atomic E-state index is 11.1. The van der Waals surface area contributed by atoms with Crippen LogP contribution in [0.2, 0.25) is 0 Å². The van der Waals surface area contributed by atoms with Crippen molar-refractivity contribution in [3.05, 3.63) is 12.7 Å². The number of aliphatic hydroxyl groups excluding tert-OH is 2. The van der Waals surface area contributed by atoms with Gasteiger partial charge < -0.3 is 31.5 Å². The van der Waals surface area contributed by atoms with Crippen molar-refractivity contribution in [3.8, 4) is 12.3 Å². The van der Waals surface area contributed by atoms with Crippen LogP contribution in [0.5, 0.6) is 0 Å². The standard InChI is InChI=1S/C16H20N6O5S/c1-2-16(18,15(25)26)3-4-28-5-8-10(23)11(24)14(27-8)22-7-21-9-12(17)19-6-20-13(9)22/h1,6-8,10-11,14,23-24H,3-5,18H2,(H,25,26)(H2,17,19,20)/t8-,10-,11-,14-,16?/m1/s1. The van der Waals surface area contributed by atoms with E-state index in [2.05, 4.69) is 20.9 Å². The molecule has 7 N–H and O–H groups in total. The van der Waals surface area contributed by atoms with Crippen LogP contribution in [0.3, 0.4) is 0 Å². The van der Waals surface area contributed by atoms with Gasteiger partial charge in [0.2, 0.25) is 0 Å². The number of anilines is 1. The van der Waals surface area contributed by atoms with Crippen molar-refractivity contribution in [1.82, 2.24) is 19.5 Å². The van der Waals surface area contributed by atoms with Crippen LogP contribution in [0.1, 0.15) is 12.6 Å². The molecule has 150 valence electrons. The summed E-state index contributed by atoms with van der Waals surface area (Å²) >= 11 is 1.32. The predicted octanol–water partition coefficient (Wildman–Crippen LogP) is -1.43. The van der Waals surface area contributed by atoms with Crippen molar-refractivity contribution in [1.29, 1.82) is 0 Å². The van der Waals surface area contributed by atoms with Gasteiger partial charge in [0.1, 0.15) is 24.1 Å². The number of fused-ring (bicyclic) bond motifs is 1. The van der Waals surface area contributed by atoms with Gasteiger partial charge in [-0.05, 0) is 12.2 Å². The smallest absolute Gasteiger partial charge is 0.336 e. The minimum atomic E-state index is -1.74. The van der Waals surface area contributed by atoms with E-state index < -0.39 is 36.0 Å². The number of aliphatic carboxylic acids is 1. The van der Waals surface area contributed by atoms with E-state index >= 15 is 0 Å². The zero-order valence-corrected chi connectivity index (χ0v) is 15.5. The molecule has 0 aliphatic carbocycles. The zero-order valence-electron chi connectivity index (χ0n) is 14.7. The molecule has 0 amide bonds. The molecule has 11 nitrogen and oxygen atoms in total. The highest BCUT2D eigenvalue weighted by molar-refractivity contribution is 7.99. The van der Waals surface area contributed by atoms with Crippen LogP contribution in [0.15, 0.2) is 12.7 Å². The molecule has 3 rings (SSSR count). The van der Waals surface area contributed by atoms with Gasteiger partial charge in [0, 0.05) is 5.75 Å². The van der Waals surface area contributed by atoms with Crippen molar-refractivity contribution in [2.45, 2.75) is 36.5 Å². The molecule has 1 aliphatic rings. The topological polar surface area (TPSA) is 183 Å². The van der Waals surface area contributed by atoms with Gasteiger partial charge in [0.05, 0.1) is 12.4 Å². The first-order chi connectivity index (χ1) is 13.3. The lowest BCUT2D eigenvalue weighted by Crippen LogP contribution is -2.47. The predicted molar refractivity (Wildman–Crippen MR) is 101 cm³/mol. The second-order valence-electron chi connectivity index (χ2n) is 6.38. The van der Waals surface area contributed by atoms with E-state index in [0.29, 0.717) is 22.7 Å². The molecule has 3 heterocycles. The van der Waals surface area contributed by atoms with Gasteiger partial charge in [-0.1, -0.05) is 5.92 Å². The lowest BCUT2D eigenvalue weighted by atomic mass is 9.99. The number of terminal acetylenes is 1. The van der Waals surface area contributed by atoms with Gasteiger partial charge in [-0.2, -0.15) is 11.8 Å². The number of hydrogen-bond acceptors (Lipinski definition) is 10. The van der Waals surface area contributed by atoms with Crippen molar-refractivity contribution in [2.24, 2.45) is 5.73 Å². The first-order valence-corrected chi connectivity index (χ1v) is 9.46. The van der Waals surface area contributed by atoms with Crippen LogP contribution in [-0.4, -0.2) is 76.2 Å². The summed E-state index contributed by atoms with van der Waals surface area (Å²) in [4.78, 5) is 23.2. The van der Waals surface area contributed by atoms with E-state index in [1.54, 1.807) is 0 Å². The molecule has 1 saturated heterocycles. The minimum absolute atomic E-state index is 0.0562. The van der Waals surface area contributed by atoms with Gasteiger partial charge in [-0.15, -0.1) is 6.42 Å². The number of hydrogen-bond donors (Lipinski definition) is 5. The Hall–Kier alpha value is -2.43. The van der Waals surface area contributed by atoms with Gasteiger partial charge >= 0.3 is 5.97 Å². The largest absolute Gasteiger partial charge is 0.479 e. The third kappa shape index (κ3) is 3.62. The molecular weight excluding hydrogens is 388 g/mol. The summed E-state index contributed by atoms with van der Waals surface area (Å²) in [5.74, 6) is 1.66. The number of nitrogens with zero attached hydrogens (tertiary/aromatic N) is 4. The van der Waals surface area contributed by atoms with Crippen molar-refractivity contribution >= 4 is 34.7 Å². The summed E-state index contributed by atoms with van der Waals surface area (Å²) in [5, 5.41) is 29.8. The Morgan fingerprint density at radius 3 is 2.82 bits per heavy atom. The Balaban J connectivity index is 1.64. The molecule has 12 heteroatoms. The number of imidazole rings is 1. The Kier molecular flexibility index (Phi) is 5.73. The van der Waals surface area contributed by atoms with Gasteiger partial charge in [0.15, 0.2) is 23.2 Å². The van der Waals surface area contributed by atoms with Crippen molar-refractivity contribution in [3.63, 3.8) is 0 Å². The third-order valence-electron chi connectivity index (χ3n) is 4.56. The summed E-state index contributed by atoms with van der Waals surface area (Å²) in [6.07, 6.45) is 3.97. The average molecular weight is 408 g/mol. The van der Waals surface area contributed by atoms with E-state index in [4.69, 9.17) is 27.7 Å². The highest BCUT2D eigenvalue weighted by Gasteiger charge is 2.44. The fraction of sp³-hybridized carbons (Fsp3) is 0.500. The fourth-order valence-corrected chi connectivity index (χ4v) is 3.97. The lowest BCUT2D eigenvalue weighted by Gasteiger charge is -2.19. The molecule has 0 aromatic carbocycles.